The second kappa shape index (κ2) is 9.85. The Hall–Kier alpha value is -4.14. The molecule has 1 N–H and O–H groups in total. The molecule has 1 aliphatic rings. The Morgan fingerprint density at radius 2 is 1.89 bits per heavy atom. The number of hydrogen-bond acceptors (Lipinski definition) is 6. The highest BCUT2D eigenvalue weighted by Gasteiger charge is 2.49. The standard InChI is InChI=1S/C27H30N4O5/c1-6-36-25(33)20-14-22-24(32)31(21-12-9-10-17(2)18(21)3)27(4,16-30(22)29-20)26(34)28-15-19-11-7-8-13-23(19)35-5/h7-14H,6,15-16H2,1-5H3,(H,28,34)/t27-/m0/s1. The second-order valence-corrected chi connectivity index (χ2v) is 8.92. The third kappa shape index (κ3) is 4.32. The molecule has 3 aromatic rings. The van der Waals surface area contributed by atoms with Crippen molar-refractivity contribution in [2.24, 2.45) is 0 Å². The number of anilines is 1. The van der Waals surface area contributed by atoms with Gasteiger partial charge in [0.05, 0.1) is 20.3 Å². The molecule has 0 fully saturated rings. The van der Waals surface area contributed by atoms with E-state index in [2.05, 4.69) is 10.4 Å². The van der Waals surface area contributed by atoms with Crippen LogP contribution in [0.5, 0.6) is 5.75 Å². The van der Waals surface area contributed by atoms with Gasteiger partial charge in [-0.1, -0.05) is 30.3 Å². The van der Waals surface area contributed by atoms with E-state index in [1.165, 1.54) is 15.6 Å². The number of esters is 1. The first-order valence-electron chi connectivity index (χ1n) is 11.8. The van der Waals surface area contributed by atoms with Crippen LogP contribution in [0, 0.1) is 13.8 Å². The van der Waals surface area contributed by atoms with E-state index >= 15 is 0 Å². The lowest BCUT2D eigenvalue weighted by Gasteiger charge is -2.43. The van der Waals surface area contributed by atoms with Crippen LogP contribution in [0.2, 0.25) is 0 Å². The summed E-state index contributed by atoms with van der Waals surface area (Å²) in [7, 11) is 1.57. The highest BCUT2D eigenvalue weighted by atomic mass is 16.5. The molecule has 2 heterocycles. The normalized spacial score (nSPS) is 16.9. The number of benzene rings is 2. The Morgan fingerprint density at radius 1 is 1.14 bits per heavy atom. The van der Waals surface area contributed by atoms with Gasteiger partial charge in [-0.15, -0.1) is 0 Å². The molecule has 9 nitrogen and oxygen atoms in total. The fourth-order valence-electron chi connectivity index (χ4n) is 4.46. The fourth-order valence-corrected chi connectivity index (χ4v) is 4.46. The highest BCUT2D eigenvalue weighted by Crippen LogP contribution is 2.35. The van der Waals surface area contributed by atoms with Crippen molar-refractivity contribution >= 4 is 23.5 Å². The number of para-hydroxylation sites is 1. The Kier molecular flexibility index (Phi) is 6.83. The number of carbonyl (C=O) groups excluding carboxylic acids is 3. The van der Waals surface area contributed by atoms with E-state index in [4.69, 9.17) is 9.47 Å². The molecule has 36 heavy (non-hydrogen) atoms. The summed E-state index contributed by atoms with van der Waals surface area (Å²) < 4.78 is 11.9. The predicted molar refractivity (Wildman–Crippen MR) is 134 cm³/mol. The number of hydrogen-bond donors (Lipinski definition) is 1. The van der Waals surface area contributed by atoms with E-state index in [-0.39, 0.29) is 37.0 Å². The number of aryl methyl sites for hydroxylation is 1. The largest absolute Gasteiger partial charge is 0.496 e. The lowest BCUT2D eigenvalue weighted by Crippen LogP contribution is -2.64. The van der Waals surface area contributed by atoms with Crippen molar-refractivity contribution in [2.45, 2.75) is 46.3 Å². The minimum absolute atomic E-state index is 0.0276. The van der Waals surface area contributed by atoms with Gasteiger partial charge in [0.2, 0.25) is 5.91 Å². The summed E-state index contributed by atoms with van der Waals surface area (Å²) in [5.41, 5.74) is 2.22. The summed E-state index contributed by atoms with van der Waals surface area (Å²) in [6.45, 7) is 7.73. The monoisotopic (exact) mass is 490 g/mol. The Balaban J connectivity index is 1.76. The molecule has 1 aromatic heterocycles. The molecule has 0 unspecified atom stereocenters. The van der Waals surface area contributed by atoms with Gasteiger partial charge in [-0.25, -0.2) is 4.79 Å². The molecule has 0 bridgehead atoms. The number of methoxy groups -OCH3 is 1. The molecule has 0 saturated heterocycles. The Labute approximate surface area is 210 Å². The molecule has 0 saturated carbocycles. The van der Waals surface area contributed by atoms with E-state index in [9.17, 15) is 14.4 Å². The SMILES string of the molecule is CCOC(=O)c1cc2n(n1)C[C@@](C)(C(=O)NCc1ccccc1OC)N(c1cccc(C)c1C)C2=O. The van der Waals surface area contributed by atoms with Crippen molar-refractivity contribution in [1.29, 1.82) is 0 Å². The Bertz CT molecular complexity index is 1330. The minimum Gasteiger partial charge on any atom is -0.496 e. The van der Waals surface area contributed by atoms with Gasteiger partial charge in [0, 0.05) is 23.9 Å². The van der Waals surface area contributed by atoms with Gasteiger partial charge in [0.15, 0.2) is 5.69 Å². The maximum atomic E-state index is 13.9. The summed E-state index contributed by atoms with van der Waals surface area (Å²) in [6.07, 6.45) is 0. The molecule has 2 aromatic carbocycles. The quantitative estimate of drug-likeness (QED) is 0.509. The zero-order valence-electron chi connectivity index (χ0n) is 21.1. The number of ether oxygens (including phenoxy) is 2. The number of aromatic nitrogens is 2. The molecule has 188 valence electrons. The molecule has 0 radical (unpaired) electrons. The maximum absolute atomic E-state index is 13.9. The van der Waals surface area contributed by atoms with Crippen molar-refractivity contribution in [3.63, 3.8) is 0 Å². The van der Waals surface area contributed by atoms with Crippen molar-refractivity contribution in [3.8, 4) is 5.75 Å². The minimum atomic E-state index is -1.33. The van der Waals surface area contributed by atoms with Gasteiger partial charge >= 0.3 is 5.97 Å². The average Bonchev–Trinajstić information content (AvgIpc) is 3.29. The van der Waals surface area contributed by atoms with Crippen molar-refractivity contribution in [2.75, 3.05) is 18.6 Å². The number of amides is 2. The first kappa shape index (κ1) is 25.0. The Morgan fingerprint density at radius 3 is 2.61 bits per heavy atom. The second-order valence-electron chi connectivity index (χ2n) is 8.92. The van der Waals surface area contributed by atoms with Crippen LogP contribution in [0.4, 0.5) is 5.69 Å². The lowest BCUT2D eigenvalue weighted by molar-refractivity contribution is -0.126. The van der Waals surface area contributed by atoms with Crippen molar-refractivity contribution in [3.05, 3.63) is 76.6 Å². The van der Waals surface area contributed by atoms with E-state index < -0.39 is 17.4 Å². The van der Waals surface area contributed by atoms with Crippen LogP contribution >= 0.6 is 0 Å². The molecule has 4 rings (SSSR count). The van der Waals surface area contributed by atoms with E-state index in [1.807, 2.05) is 56.3 Å². The van der Waals surface area contributed by atoms with Gasteiger partial charge < -0.3 is 14.8 Å². The molecular formula is C27H30N4O5. The van der Waals surface area contributed by atoms with Crippen LogP contribution in [0.1, 0.15) is 51.5 Å². The topological polar surface area (TPSA) is 103 Å². The number of nitrogens with zero attached hydrogens (tertiary/aromatic N) is 3. The number of rotatable bonds is 7. The van der Waals surface area contributed by atoms with E-state index in [0.29, 0.717) is 11.4 Å². The fraction of sp³-hybridized carbons (Fsp3) is 0.333. The lowest BCUT2D eigenvalue weighted by atomic mass is 9.92. The number of fused-ring (bicyclic) bond motifs is 1. The summed E-state index contributed by atoms with van der Waals surface area (Å²) in [5, 5.41) is 7.28. The molecule has 1 aliphatic heterocycles. The van der Waals surface area contributed by atoms with Crippen molar-refractivity contribution in [1.82, 2.24) is 15.1 Å². The van der Waals surface area contributed by atoms with Gasteiger partial charge in [-0.05, 0) is 51.0 Å². The van der Waals surface area contributed by atoms with Crippen LogP contribution < -0.4 is 15.0 Å². The zero-order valence-corrected chi connectivity index (χ0v) is 21.1. The third-order valence-electron chi connectivity index (χ3n) is 6.58. The van der Waals surface area contributed by atoms with E-state index in [1.54, 1.807) is 21.0 Å². The van der Waals surface area contributed by atoms with Gasteiger partial charge in [0.25, 0.3) is 5.91 Å². The molecular weight excluding hydrogens is 460 g/mol. The summed E-state index contributed by atoms with van der Waals surface area (Å²) >= 11 is 0. The molecule has 0 spiro atoms. The van der Waals surface area contributed by atoms with Gasteiger partial charge in [-0.3, -0.25) is 19.2 Å². The molecule has 9 heteroatoms. The van der Waals surface area contributed by atoms with Gasteiger partial charge in [0.1, 0.15) is 17.0 Å². The number of nitrogens with one attached hydrogen (secondary N) is 1. The predicted octanol–water partition coefficient (Wildman–Crippen LogP) is 3.42. The van der Waals surface area contributed by atoms with Crippen LogP contribution in [-0.2, 0) is 22.6 Å². The van der Waals surface area contributed by atoms with Crippen LogP contribution in [0.15, 0.2) is 48.5 Å². The third-order valence-corrected chi connectivity index (χ3v) is 6.58. The maximum Gasteiger partial charge on any atom is 0.358 e. The smallest absolute Gasteiger partial charge is 0.358 e. The van der Waals surface area contributed by atoms with Crippen molar-refractivity contribution < 1.29 is 23.9 Å². The molecule has 1 atom stereocenters. The van der Waals surface area contributed by atoms with Crippen LogP contribution in [0.25, 0.3) is 0 Å². The summed E-state index contributed by atoms with van der Waals surface area (Å²) in [5.74, 6) is -0.746. The van der Waals surface area contributed by atoms with Crippen LogP contribution in [0.3, 0.4) is 0 Å². The summed E-state index contributed by atoms with van der Waals surface area (Å²) in [4.78, 5) is 41.5. The van der Waals surface area contributed by atoms with E-state index in [0.717, 1.165) is 16.7 Å². The summed E-state index contributed by atoms with van der Waals surface area (Å²) in [6, 6.07) is 14.5. The first-order valence-corrected chi connectivity index (χ1v) is 11.8. The number of carbonyl (C=O) groups is 3. The average molecular weight is 491 g/mol. The zero-order chi connectivity index (χ0) is 26.0. The first-order chi connectivity index (χ1) is 17.2. The highest BCUT2D eigenvalue weighted by molar-refractivity contribution is 6.12. The van der Waals surface area contributed by atoms with Crippen LogP contribution in [-0.4, -0.2) is 46.8 Å². The molecule has 0 aliphatic carbocycles. The van der Waals surface area contributed by atoms with Gasteiger partial charge in [-0.2, -0.15) is 5.10 Å². The molecule has 2 amide bonds.